The number of alkyl halides is 2. The van der Waals surface area contributed by atoms with Gasteiger partial charge in [-0.3, -0.25) is 14.4 Å². The van der Waals surface area contributed by atoms with Crippen LogP contribution in [0.5, 0.6) is 5.75 Å². The molecule has 1 atom stereocenters. The molecule has 9 heteroatoms. The topological polar surface area (TPSA) is 95.9 Å². The first-order chi connectivity index (χ1) is 13.8. The minimum absolute atomic E-state index is 0.0333. The lowest BCUT2D eigenvalue weighted by molar-refractivity contribution is -0.135. The van der Waals surface area contributed by atoms with Crippen molar-refractivity contribution in [1.29, 1.82) is 0 Å². The summed E-state index contributed by atoms with van der Waals surface area (Å²) in [5.74, 6) is -2.05. The maximum Gasteiger partial charge on any atom is 0.387 e. The number of hydrogen-bond acceptors (Lipinski definition) is 5. The van der Waals surface area contributed by atoms with Crippen LogP contribution in [-0.2, 0) is 9.59 Å². The second kappa shape index (κ2) is 9.74. The Hall–Kier alpha value is -3.33. The number of aliphatic hydroxyl groups is 1. The average molecular weight is 406 g/mol. The van der Waals surface area contributed by atoms with Gasteiger partial charge in [0.2, 0.25) is 5.91 Å². The van der Waals surface area contributed by atoms with Crippen molar-refractivity contribution in [2.24, 2.45) is 0 Å². The molecule has 2 aromatic carbocycles. The molecule has 2 N–H and O–H groups in total. The third-order valence-electron chi connectivity index (χ3n) is 4.21. The van der Waals surface area contributed by atoms with Crippen molar-refractivity contribution < 1.29 is 33.0 Å². The van der Waals surface area contributed by atoms with Crippen molar-refractivity contribution in [3.63, 3.8) is 0 Å². The smallest absolute Gasteiger partial charge is 0.387 e. The molecular weight excluding hydrogens is 386 g/mol. The standard InChI is InChI=1S/C20H20F2N2O5/c1-23-18(27)17(16(26)11-25)24(2)19(28)14-5-3-12(4-6-14)13-7-9-15(10-8-13)29-20(21)22/h3-10,17,20,25H,11H2,1-2H3,(H,23,27). The van der Waals surface area contributed by atoms with E-state index in [9.17, 15) is 23.2 Å². The number of nitrogens with zero attached hydrogens (tertiary/aromatic N) is 1. The van der Waals surface area contributed by atoms with E-state index in [0.29, 0.717) is 0 Å². The number of carbonyl (C=O) groups is 3. The van der Waals surface area contributed by atoms with Gasteiger partial charge in [0.1, 0.15) is 12.4 Å². The first kappa shape index (κ1) is 22.0. The number of Topliss-reactive ketones (excluding diaryl/α,β-unsaturated/α-hetero) is 1. The molecule has 0 aliphatic heterocycles. The molecule has 0 bridgehead atoms. The van der Waals surface area contributed by atoms with Crippen LogP contribution in [-0.4, -0.2) is 61.0 Å². The monoisotopic (exact) mass is 406 g/mol. The summed E-state index contributed by atoms with van der Waals surface area (Å²) < 4.78 is 28.7. The Labute approximate surface area is 165 Å². The molecule has 0 saturated heterocycles. The molecule has 0 fully saturated rings. The molecule has 7 nitrogen and oxygen atoms in total. The van der Waals surface area contributed by atoms with E-state index in [1.807, 2.05) is 0 Å². The molecule has 2 amide bonds. The number of hydrogen-bond donors (Lipinski definition) is 2. The zero-order valence-electron chi connectivity index (χ0n) is 15.8. The fourth-order valence-corrected chi connectivity index (χ4v) is 2.72. The zero-order valence-corrected chi connectivity index (χ0v) is 15.8. The van der Waals surface area contributed by atoms with Crippen molar-refractivity contribution in [1.82, 2.24) is 10.2 Å². The Balaban J connectivity index is 2.19. The number of benzene rings is 2. The summed E-state index contributed by atoms with van der Waals surface area (Å²) in [5.41, 5.74) is 1.67. The SMILES string of the molecule is CNC(=O)C(C(=O)CO)N(C)C(=O)c1ccc(-c2ccc(OC(F)F)cc2)cc1. The fourth-order valence-electron chi connectivity index (χ4n) is 2.72. The van der Waals surface area contributed by atoms with Crippen LogP contribution in [0.2, 0.25) is 0 Å². The highest BCUT2D eigenvalue weighted by atomic mass is 19.3. The van der Waals surface area contributed by atoms with E-state index in [-0.39, 0.29) is 11.3 Å². The number of likely N-dealkylation sites (N-methyl/N-ethyl adjacent to an activating group) is 2. The molecular formula is C20H20F2N2O5. The Morgan fingerprint density at radius 2 is 1.55 bits per heavy atom. The molecule has 2 aromatic rings. The Bertz CT molecular complexity index is 853. The highest BCUT2D eigenvalue weighted by Crippen LogP contribution is 2.24. The lowest BCUT2D eigenvalue weighted by Gasteiger charge is -2.25. The van der Waals surface area contributed by atoms with Crippen molar-refractivity contribution >= 4 is 17.6 Å². The minimum Gasteiger partial charge on any atom is -0.435 e. The molecule has 0 aromatic heterocycles. The van der Waals surface area contributed by atoms with Crippen LogP contribution < -0.4 is 10.1 Å². The second-order valence-corrected chi connectivity index (χ2v) is 6.04. The van der Waals surface area contributed by atoms with Gasteiger partial charge >= 0.3 is 6.61 Å². The summed E-state index contributed by atoms with van der Waals surface area (Å²) in [6.45, 7) is -3.78. The first-order valence-corrected chi connectivity index (χ1v) is 8.56. The van der Waals surface area contributed by atoms with Gasteiger partial charge in [0.05, 0.1) is 0 Å². The minimum atomic E-state index is -2.90. The number of halogens is 2. The van der Waals surface area contributed by atoms with Gasteiger partial charge in [-0.1, -0.05) is 24.3 Å². The summed E-state index contributed by atoms with van der Waals surface area (Å²) in [5, 5.41) is 11.4. The van der Waals surface area contributed by atoms with Crippen molar-refractivity contribution in [3.8, 4) is 16.9 Å². The van der Waals surface area contributed by atoms with Gasteiger partial charge in [-0.2, -0.15) is 8.78 Å². The van der Waals surface area contributed by atoms with Crippen LogP contribution in [0.3, 0.4) is 0 Å². The molecule has 154 valence electrons. The molecule has 0 radical (unpaired) electrons. The summed E-state index contributed by atoms with van der Waals surface area (Å²) in [4.78, 5) is 37.4. The third-order valence-corrected chi connectivity index (χ3v) is 4.21. The average Bonchev–Trinajstić information content (AvgIpc) is 2.73. The van der Waals surface area contributed by atoms with Crippen LogP contribution in [0.15, 0.2) is 48.5 Å². The van der Waals surface area contributed by atoms with Gasteiger partial charge in [-0.15, -0.1) is 0 Å². The van der Waals surface area contributed by atoms with Gasteiger partial charge in [-0.05, 0) is 35.4 Å². The van der Waals surface area contributed by atoms with E-state index in [1.165, 1.54) is 38.4 Å². The van der Waals surface area contributed by atoms with E-state index in [0.717, 1.165) is 16.0 Å². The zero-order chi connectivity index (χ0) is 21.6. The predicted octanol–water partition coefficient (Wildman–Crippen LogP) is 1.70. The van der Waals surface area contributed by atoms with Crippen LogP contribution in [0.4, 0.5) is 8.78 Å². The molecule has 2 rings (SSSR count). The maximum absolute atomic E-state index is 12.6. The maximum atomic E-state index is 12.6. The van der Waals surface area contributed by atoms with Crippen molar-refractivity contribution in [2.45, 2.75) is 12.7 Å². The largest absolute Gasteiger partial charge is 0.435 e. The Morgan fingerprint density at radius 1 is 1.03 bits per heavy atom. The lowest BCUT2D eigenvalue weighted by atomic mass is 10.0. The highest BCUT2D eigenvalue weighted by Gasteiger charge is 2.32. The van der Waals surface area contributed by atoms with E-state index in [4.69, 9.17) is 5.11 Å². The van der Waals surface area contributed by atoms with Crippen LogP contribution >= 0.6 is 0 Å². The molecule has 0 aliphatic carbocycles. The quantitative estimate of drug-likeness (QED) is 0.651. The molecule has 1 unspecified atom stereocenters. The predicted molar refractivity (Wildman–Crippen MR) is 101 cm³/mol. The van der Waals surface area contributed by atoms with Gasteiger partial charge in [0.25, 0.3) is 5.91 Å². The summed E-state index contributed by atoms with van der Waals surface area (Å²) >= 11 is 0. The third kappa shape index (κ3) is 5.35. The van der Waals surface area contributed by atoms with Crippen LogP contribution in [0.1, 0.15) is 10.4 Å². The van der Waals surface area contributed by atoms with Gasteiger partial charge < -0.3 is 20.1 Å². The number of carbonyl (C=O) groups excluding carboxylic acids is 3. The Morgan fingerprint density at radius 3 is 2.00 bits per heavy atom. The van der Waals surface area contributed by atoms with Gasteiger partial charge in [-0.25, -0.2) is 0 Å². The van der Waals surface area contributed by atoms with Crippen molar-refractivity contribution in [2.75, 3.05) is 20.7 Å². The Kier molecular flexibility index (Phi) is 7.38. The number of amides is 2. The second-order valence-electron chi connectivity index (χ2n) is 6.04. The highest BCUT2D eigenvalue weighted by molar-refractivity contribution is 6.10. The normalized spacial score (nSPS) is 11.7. The number of ether oxygens (including phenoxy) is 1. The van der Waals surface area contributed by atoms with Crippen LogP contribution in [0, 0.1) is 0 Å². The summed E-state index contributed by atoms with van der Waals surface area (Å²) in [6, 6.07) is 10.9. The number of nitrogens with one attached hydrogen (secondary N) is 1. The number of aliphatic hydroxyl groups excluding tert-OH is 1. The van der Waals surface area contributed by atoms with Crippen molar-refractivity contribution in [3.05, 3.63) is 54.1 Å². The van der Waals surface area contributed by atoms with E-state index in [1.54, 1.807) is 24.3 Å². The molecule has 0 heterocycles. The molecule has 0 aliphatic rings. The van der Waals surface area contributed by atoms with Crippen LogP contribution in [0.25, 0.3) is 11.1 Å². The summed E-state index contributed by atoms with van der Waals surface area (Å²) in [6.07, 6.45) is 0. The fraction of sp³-hybridized carbons (Fsp3) is 0.250. The molecule has 0 saturated carbocycles. The molecule has 29 heavy (non-hydrogen) atoms. The number of rotatable bonds is 8. The molecule has 0 spiro atoms. The lowest BCUT2D eigenvalue weighted by Crippen LogP contribution is -2.52. The van der Waals surface area contributed by atoms with Gasteiger partial charge in [0, 0.05) is 19.7 Å². The van der Waals surface area contributed by atoms with E-state index < -0.39 is 36.9 Å². The first-order valence-electron chi connectivity index (χ1n) is 8.56. The van der Waals surface area contributed by atoms with Gasteiger partial charge in [0.15, 0.2) is 11.8 Å². The van der Waals surface area contributed by atoms with E-state index >= 15 is 0 Å². The van der Waals surface area contributed by atoms with E-state index in [2.05, 4.69) is 10.1 Å². The number of ketones is 1. The summed E-state index contributed by atoms with van der Waals surface area (Å²) in [7, 11) is 2.62.